The summed E-state index contributed by atoms with van der Waals surface area (Å²) in [5, 5.41) is 9.88. The highest BCUT2D eigenvalue weighted by Gasteiger charge is 2.07. The molecule has 0 saturated heterocycles. The average Bonchev–Trinajstić information content (AvgIpc) is 2.72. The van der Waals surface area contributed by atoms with E-state index in [1.807, 2.05) is 48.5 Å². The Bertz CT molecular complexity index is 954. The summed E-state index contributed by atoms with van der Waals surface area (Å²) in [5.41, 5.74) is 4.84. The summed E-state index contributed by atoms with van der Waals surface area (Å²) in [5.74, 6) is 0.771. The maximum atomic E-state index is 6.07. The van der Waals surface area contributed by atoms with Crippen LogP contribution in [-0.4, -0.2) is 17.9 Å². The molecular formula is C22H21N3OS. The van der Waals surface area contributed by atoms with Crippen LogP contribution in [0.3, 0.4) is 0 Å². The van der Waals surface area contributed by atoms with Gasteiger partial charge in [0.25, 0.3) is 0 Å². The molecule has 0 heterocycles. The van der Waals surface area contributed by atoms with Gasteiger partial charge in [-0.2, -0.15) is 5.10 Å². The second kappa shape index (κ2) is 9.50. The van der Waals surface area contributed by atoms with E-state index >= 15 is 0 Å². The minimum Gasteiger partial charge on any atom is -0.488 e. The van der Waals surface area contributed by atoms with Crippen LogP contribution in [0.2, 0.25) is 0 Å². The van der Waals surface area contributed by atoms with Crippen molar-refractivity contribution in [3.63, 3.8) is 0 Å². The number of hydrogen-bond donors (Lipinski definition) is 2. The van der Waals surface area contributed by atoms with Gasteiger partial charge < -0.3 is 10.1 Å². The Balaban J connectivity index is 1.83. The number of ether oxygens (including phenoxy) is 1. The van der Waals surface area contributed by atoms with Gasteiger partial charge in [-0.25, -0.2) is 0 Å². The lowest BCUT2D eigenvalue weighted by Crippen LogP contribution is -2.31. The summed E-state index contributed by atoms with van der Waals surface area (Å²) in [6.45, 7) is 4.72. The largest absolute Gasteiger partial charge is 0.488 e. The molecule has 4 nitrogen and oxygen atoms in total. The minimum atomic E-state index is 0.443. The van der Waals surface area contributed by atoms with E-state index in [2.05, 4.69) is 40.6 Å². The van der Waals surface area contributed by atoms with Gasteiger partial charge in [-0.3, -0.25) is 5.43 Å². The number of fused-ring (bicyclic) bond motifs is 1. The molecule has 2 N–H and O–H groups in total. The van der Waals surface area contributed by atoms with Gasteiger partial charge in [0.05, 0.1) is 6.21 Å². The molecule has 3 rings (SSSR count). The number of nitrogens with one attached hydrogen (secondary N) is 2. The summed E-state index contributed by atoms with van der Waals surface area (Å²) in [4.78, 5) is 0. The molecule has 3 aromatic rings. The van der Waals surface area contributed by atoms with Gasteiger partial charge in [0.15, 0.2) is 5.11 Å². The fourth-order valence-corrected chi connectivity index (χ4v) is 2.77. The fraction of sp³-hybridized carbons (Fsp3) is 0.0909. The van der Waals surface area contributed by atoms with E-state index in [1.165, 1.54) is 0 Å². The predicted molar refractivity (Wildman–Crippen MR) is 116 cm³/mol. The van der Waals surface area contributed by atoms with Gasteiger partial charge in [-0.05, 0) is 34.6 Å². The van der Waals surface area contributed by atoms with E-state index in [0.29, 0.717) is 18.3 Å². The van der Waals surface area contributed by atoms with Crippen LogP contribution in [0.25, 0.3) is 10.8 Å². The molecule has 3 aromatic carbocycles. The smallest absolute Gasteiger partial charge is 0.187 e. The lowest BCUT2D eigenvalue weighted by Gasteiger charge is -2.12. The lowest BCUT2D eigenvalue weighted by atomic mass is 10.0. The van der Waals surface area contributed by atoms with E-state index in [1.54, 1.807) is 12.3 Å². The van der Waals surface area contributed by atoms with Crippen LogP contribution in [0.5, 0.6) is 5.75 Å². The van der Waals surface area contributed by atoms with Crippen molar-refractivity contribution in [1.82, 2.24) is 10.7 Å². The van der Waals surface area contributed by atoms with Crippen molar-refractivity contribution in [3.05, 3.63) is 90.5 Å². The van der Waals surface area contributed by atoms with Gasteiger partial charge in [0.2, 0.25) is 0 Å². The van der Waals surface area contributed by atoms with Crippen LogP contribution < -0.4 is 15.5 Å². The fourth-order valence-electron chi connectivity index (χ4n) is 2.63. The van der Waals surface area contributed by atoms with Crippen molar-refractivity contribution in [2.24, 2.45) is 5.10 Å². The van der Waals surface area contributed by atoms with Gasteiger partial charge in [0, 0.05) is 12.1 Å². The van der Waals surface area contributed by atoms with Crippen molar-refractivity contribution < 1.29 is 4.74 Å². The van der Waals surface area contributed by atoms with Crippen LogP contribution in [0.1, 0.15) is 11.1 Å². The summed E-state index contributed by atoms with van der Waals surface area (Å²) < 4.78 is 6.07. The number of hydrazone groups is 1. The third-order valence-corrected chi connectivity index (χ3v) is 4.17. The first-order valence-electron chi connectivity index (χ1n) is 8.64. The Hall–Kier alpha value is -3.18. The zero-order valence-corrected chi connectivity index (χ0v) is 15.7. The van der Waals surface area contributed by atoms with Crippen LogP contribution in [0.4, 0.5) is 0 Å². The Kier molecular flexibility index (Phi) is 6.55. The van der Waals surface area contributed by atoms with Crippen molar-refractivity contribution in [1.29, 1.82) is 0 Å². The molecule has 0 spiro atoms. The number of hydrogen-bond acceptors (Lipinski definition) is 3. The predicted octanol–water partition coefficient (Wildman–Crippen LogP) is 4.40. The number of thiocarbonyl (C=S) groups is 1. The van der Waals surface area contributed by atoms with Crippen LogP contribution in [0, 0.1) is 0 Å². The van der Waals surface area contributed by atoms with Crippen molar-refractivity contribution in [2.45, 2.75) is 6.61 Å². The zero-order chi connectivity index (χ0) is 18.9. The molecule has 0 radical (unpaired) electrons. The SMILES string of the molecule is C=CCNC(=S)N/N=C\c1c(OCc2ccccc2)ccc2ccccc12. The summed E-state index contributed by atoms with van der Waals surface area (Å²) in [6.07, 6.45) is 3.47. The van der Waals surface area contributed by atoms with Crippen LogP contribution >= 0.6 is 12.2 Å². The molecular weight excluding hydrogens is 354 g/mol. The Morgan fingerprint density at radius 3 is 2.63 bits per heavy atom. The molecule has 5 heteroatoms. The third kappa shape index (κ3) is 5.15. The molecule has 0 unspecified atom stereocenters. The third-order valence-electron chi connectivity index (χ3n) is 3.93. The Morgan fingerprint density at radius 1 is 1.04 bits per heavy atom. The first kappa shape index (κ1) is 18.6. The van der Waals surface area contributed by atoms with Crippen molar-refractivity contribution in [3.8, 4) is 5.75 Å². The number of nitrogens with zero attached hydrogens (tertiary/aromatic N) is 1. The molecule has 0 aliphatic heterocycles. The molecule has 0 amide bonds. The van der Waals surface area contributed by atoms with E-state index in [0.717, 1.165) is 27.6 Å². The summed E-state index contributed by atoms with van der Waals surface area (Å²) in [6, 6.07) is 22.2. The average molecular weight is 375 g/mol. The topological polar surface area (TPSA) is 45.7 Å². The monoisotopic (exact) mass is 375 g/mol. The van der Waals surface area contributed by atoms with E-state index in [9.17, 15) is 0 Å². The van der Waals surface area contributed by atoms with Gasteiger partial charge in [0.1, 0.15) is 12.4 Å². The number of rotatable bonds is 7. The highest BCUT2D eigenvalue weighted by Crippen LogP contribution is 2.27. The van der Waals surface area contributed by atoms with Crippen LogP contribution in [0.15, 0.2) is 84.5 Å². The molecule has 0 fully saturated rings. The highest BCUT2D eigenvalue weighted by molar-refractivity contribution is 7.80. The standard InChI is InChI=1S/C22H21N3OS/c1-2-14-23-22(27)25-24-15-20-19-11-7-6-10-18(19)12-13-21(20)26-16-17-8-4-3-5-9-17/h2-13,15H,1,14,16H2,(H2,23,25,27)/b24-15-. The maximum absolute atomic E-state index is 6.07. The molecule has 0 atom stereocenters. The molecule has 0 bridgehead atoms. The van der Waals surface area contributed by atoms with E-state index in [4.69, 9.17) is 17.0 Å². The van der Waals surface area contributed by atoms with E-state index in [-0.39, 0.29) is 0 Å². The molecule has 0 aromatic heterocycles. The molecule has 0 saturated carbocycles. The highest BCUT2D eigenvalue weighted by atomic mass is 32.1. The first-order chi connectivity index (χ1) is 13.3. The summed E-state index contributed by atoms with van der Waals surface area (Å²) in [7, 11) is 0. The van der Waals surface area contributed by atoms with Crippen molar-refractivity contribution in [2.75, 3.05) is 6.54 Å². The van der Waals surface area contributed by atoms with E-state index < -0.39 is 0 Å². The lowest BCUT2D eigenvalue weighted by molar-refractivity contribution is 0.306. The molecule has 136 valence electrons. The second-order valence-electron chi connectivity index (χ2n) is 5.84. The second-order valence-corrected chi connectivity index (χ2v) is 6.25. The van der Waals surface area contributed by atoms with Gasteiger partial charge in [-0.1, -0.05) is 66.7 Å². The quantitative estimate of drug-likeness (QED) is 0.278. The maximum Gasteiger partial charge on any atom is 0.187 e. The van der Waals surface area contributed by atoms with Crippen molar-refractivity contribution >= 4 is 34.3 Å². The minimum absolute atomic E-state index is 0.443. The molecule has 0 aliphatic rings. The summed E-state index contributed by atoms with van der Waals surface area (Å²) >= 11 is 5.16. The van der Waals surface area contributed by atoms with Crippen LogP contribution in [-0.2, 0) is 6.61 Å². The number of benzene rings is 3. The molecule has 27 heavy (non-hydrogen) atoms. The Labute approximate surface area is 164 Å². The zero-order valence-electron chi connectivity index (χ0n) is 14.9. The first-order valence-corrected chi connectivity index (χ1v) is 9.05. The van der Waals surface area contributed by atoms with Gasteiger partial charge in [-0.15, -0.1) is 6.58 Å². The van der Waals surface area contributed by atoms with Gasteiger partial charge >= 0.3 is 0 Å². The normalized spacial score (nSPS) is 10.7. The Morgan fingerprint density at radius 2 is 1.81 bits per heavy atom. The molecule has 0 aliphatic carbocycles.